The summed E-state index contributed by atoms with van der Waals surface area (Å²) in [6, 6.07) is 15.3. The molecule has 0 aliphatic carbocycles. The van der Waals surface area contributed by atoms with Crippen LogP contribution in [-0.2, 0) is 0 Å². The van der Waals surface area contributed by atoms with Gasteiger partial charge in [0, 0.05) is 17.1 Å². The molecule has 3 rings (SSSR count). The van der Waals surface area contributed by atoms with Crippen molar-refractivity contribution in [1.29, 1.82) is 0 Å². The van der Waals surface area contributed by atoms with Gasteiger partial charge in [-0.2, -0.15) is 0 Å². The molecule has 22 heavy (non-hydrogen) atoms. The number of imide groups is 1. The fraction of sp³-hybridized carbons (Fsp3) is 0.0588. The molecule has 0 saturated carbocycles. The summed E-state index contributed by atoms with van der Waals surface area (Å²) in [5.74, 6) is 0.284. The van der Waals surface area contributed by atoms with Gasteiger partial charge in [-0.1, -0.05) is 18.2 Å². The van der Waals surface area contributed by atoms with Crippen LogP contribution in [0.4, 0.5) is 4.79 Å². The molecule has 0 spiro atoms. The second-order valence-corrected chi connectivity index (χ2v) is 4.74. The number of benzene rings is 2. The first kappa shape index (κ1) is 13.9. The third-order valence-electron chi connectivity index (χ3n) is 3.37. The summed E-state index contributed by atoms with van der Waals surface area (Å²) in [6.45, 7) is 0. The molecule has 0 unspecified atom stereocenters. The fourth-order valence-electron chi connectivity index (χ4n) is 2.24. The number of rotatable bonds is 2. The first-order chi connectivity index (χ1) is 10.7. The number of amides is 2. The van der Waals surface area contributed by atoms with Crippen LogP contribution in [0, 0.1) is 0 Å². The minimum Gasteiger partial charge on any atom is -0.497 e. The van der Waals surface area contributed by atoms with Crippen molar-refractivity contribution < 1.29 is 14.3 Å². The third-order valence-corrected chi connectivity index (χ3v) is 3.37. The summed E-state index contributed by atoms with van der Waals surface area (Å²) >= 11 is 0. The van der Waals surface area contributed by atoms with Gasteiger partial charge in [-0.25, -0.2) is 4.79 Å². The quantitative estimate of drug-likeness (QED) is 0.790. The lowest BCUT2D eigenvalue weighted by molar-refractivity contribution is 0.0964. The molecule has 5 nitrogen and oxygen atoms in total. The molecule has 2 aromatic carbocycles. The lowest BCUT2D eigenvalue weighted by Crippen LogP contribution is -2.33. The molecule has 1 N–H and O–H groups in total. The maximum atomic E-state index is 12.3. The Hall–Kier alpha value is -3.08. The van der Waals surface area contributed by atoms with Crippen molar-refractivity contribution in [3.05, 3.63) is 66.4 Å². The number of nitrogens with zero attached hydrogens (tertiary/aromatic N) is 1. The molecule has 0 aliphatic rings. The molecule has 5 heteroatoms. The molecular formula is C17H14N2O3. The molecule has 1 aromatic heterocycles. The van der Waals surface area contributed by atoms with Crippen LogP contribution < -0.4 is 10.1 Å². The maximum Gasteiger partial charge on any atom is 0.332 e. The summed E-state index contributed by atoms with van der Waals surface area (Å²) in [7, 11) is 1.59. The summed E-state index contributed by atoms with van der Waals surface area (Å²) < 4.78 is 6.55. The van der Waals surface area contributed by atoms with Gasteiger partial charge in [-0.05, 0) is 36.4 Å². The van der Waals surface area contributed by atoms with Crippen molar-refractivity contribution in [2.24, 2.45) is 0 Å². The zero-order valence-corrected chi connectivity index (χ0v) is 11.9. The highest BCUT2D eigenvalue weighted by Crippen LogP contribution is 2.21. The first-order valence-corrected chi connectivity index (χ1v) is 6.75. The normalized spacial score (nSPS) is 10.4. The Morgan fingerprint density at radius 1 is 1.05 bits per heavy atom. The van der Waals surface area contributed by atoms with Gasteiger partial charge >= 0.3 is 6.03 Å². The number of methoxy groups -OCH3 is 1. The van der Waals surface area contributed by atoms with E-state index in [0.717, 1.165) is 5.39 Å². The zero-order chi connectivity index (χ0) is 15.5. The molecule has 0 fully saturated rings. The number of nitrogens with one attached hydrogen (secondary N) is 1. The number of hydrogen-bond donors (Lipinski definition) is 1. The summed E-state index contributed by atoms with van der Waals surface area (Å²) in [5, 5.41) is 3.24. The molecule has 0 saturated heterocycles. The molecule has 3 aromatic rings. The van der Waals surface area contributed by atoms with Crippen molar-refractivity contribution in [3.63, 3.8) is 0 Å². The van der Waals surface area contributed by atoms with Crippen LogP contribution in [0.1, 0.15) is 10.4 Å². The lowest BCUT2D eigenvalue weighted by Gasteiger charge is -2.06. The Morgan fingerprint density at radius 3 is 2.55 bits per heavy atom. The SMILES string of the molecule is COc1ccc2c(ccn2C(=O)NC(=O)c2ccccc2)c1. The van der Waals surface area contributed by atoms with Gasteiger partial charge in [0.25, 0.3) is 5.91 Å². The molecule has 0 atom stereocenters. The Labute approximate surface area is 127 Å². The molecule has 110 valence electrons. The molecular weight excluding hydrogens is 280 g/mol. The molecule has 0 radical (unpaired) electrons. The van der Waals surface area contributed by atoms with E-state index in [1.165, 1.54) is 4.57 Å². The van der Waals surface area contributed by atoms with E-state index in [1.807, 2.05) is 12.1 Å². The summed E-state index contributed by atoms with van der Waals surface area (Å²) in [4.78, 5) is 24.3. The predicted octanol–water partition coefficient (Wildman–Crippen LogP) is 3.05. The minimum atomic E-state index is -0.492. The standard InChI is InChI=1S/C17H14N2O3/c1-22-14-7-8-15-13(11-14)9-10-19(15)17(21)18-16(20)12-5-3-2-4-6-12/h2-11H,1H3,(H,18,20,21). The van der Waals surface area contributed by atoms with Crippen LogP contribution in [0.2, 0.25) is 0 Å². The Kier molecular flexibility index (Phi) is 3.62. The smallest absolute Gasteiger partial charge is 0.332 e. The fourth-order valence-corrected chi connectivity index (χ4v) is 2.24. The van der Waals surface area contributed by atoms with E-state index in [2.05, 4.69) is 5.32 Å². The molecule has 0 aliphatic heterocycles. The Morgan fingerprint density at radius 2 is 1.82 bits per heavy atom. The topological polar surface area (TPSA) is 60.3 Å². The number of fused-ring (bicyclic) bond motifs is 1. The lowest BCUT2D eigenvalue weighted by atomic mass is 10.2. The average molecular weight is 294 g/mol. The number of carbonyl (C=O) groups is 2. The molecule has 1 heterocycles. The Balaban J connectivity index is 1.85. The number of ether oxygens (including phenoxy) is 1. The van der Waals surface area contributed by atoms with E-state index in [4.69, 9.17) is 4.74 Å². The highest BCUT2D eigenvalue weighted by atomic mass is 16.5. The van der Waals surface area contributed by atoms with Crippen LogP contribution in [0.25, 0.3) is 10.9 Å². The third kappa shape index (κ3) is 2.56. The van der Waals surface area contributed by atoms with Crippen molar-refractivity contribution in [3.8, 4) is 5.75 Å². The zero-order valence-electron chi connectivity index (χ0n) is 11.9. The van der Waals surface area contributed by atoms with Crippen molar-refractivity contribution in [1.82, 2.24) is 9.88 Å². The van der Waals surface area contributed by atoms with Gasteiger partial charge in [0.05, 0.1) is 12.6 Å². The van der Waals surface area contributed by atoms with Gasteiger partial charge in [-0.3, -0.25) is 14.7 Å². The molecule has 0 bridgehead atoms. The van der Waals surface area contributed by atoms with E-state index in [1.54, 1.807) is 55.8 Å². The molecule has 2 amide bonds. The van der Waals surface area contributed by atoms with Crippen LogP contribution in [0.5, 0.6) is 5.75 Å². The van der Waals surface area contributed by atoms with E-state index >= 15 is 0 Å². The van der Waals surface area contributed by atoms with Gasteiger partial charge < -0.3 is 4.74 Å². The highest BCUT2D eigenvalue weighted by molar-refractivity contribution is 6.06. The second kappa shape index (κ2) is 5.73. The number of carbonyl (C=O) groups excluding carboxylic acids is 2. The van der Waals surface area contributed by atoms with Crippen LogP contribution in [-0.4, -0.2) is 23.6 Å². The Bertz CT molecular complexity index is 837. The van der Waals surface area contributed by atoms with Crippen LogP contribution in [0.15, 0.2) is 60.8 Å². The van der Waals surface area contributed by atoms with Crippen molar-refractivity contribution in [2.75, 3.05) is 7.11 Å². The van der Waals surface area contributed by atoms with E-state index in [9.17, 15) is 9.59 Å². The maximum absolute atomic E-state index is 12.3. The number of hydrogen-bond acceptors (Lipinski definition) is 3. The van der Waals surface area contributed by atoms with E-state index < -0.39 is 11.9 Å². The largest absolute Gasteiger partial charge is 0.497 e. The average Bonchev–Trinajstić information content (AvgIpc) is 2.98. The second-order valence-electron chi connectivity index (χ2n) is 4.74. The summed E-state index contributed by atoms with van der Waals surface area (Å²) in [5.41, 5.74) is 1.15. The summed E-state index contributed by atoms with van der Waals surface area (Å²) in [6.07, 6.45) is 1.62. The van der Waals surface area contributed by atoms with Gasteiger partial charge in [0.15, 0.2) is 0 Å². The van der Waals surface area contributed by atoms with Gasteiger partial charge in [0.1, 0.15) is 5.75 Å². The van der Waals surface area contributed by atoms with Gasteiger partial charge in [0.2, 0.25) is 0 Å². The first-order valence-electron chi connectivity index (χ1n) is 6.75. The van der Waals surface area contributed by atoms with Crippen LogP contribution >= 0.6 is 0 Å². The number of aromatic nitrogens is 1. The van der Waals surface area contributed by atoms with Crippen LogP contribution in [0.3, 0.4) is 0 Å². The van der Waals surface area contributed by atoms with Gasteiger partial charge in [-0.15, -0.1) is 0 Å². The monoisotopic (exact) mass is 294 g/mol. The minimum absolute atomic E-state index is 0.430. The predicted molar refractivity (Wildman–Crippen MR) is 83.2 cm³/mol. The highest BCUT2D eigenvalue weighted by Gasteiger charge is 2.13. The van der Waals surface area contributed by atoms with E-state index in [-0.39, 0.29) is 0 Å². The van der Waals surface area contributed by atoms with E-state index in [0.29, 0.717) is 16.8 Å². The van der Waals surface area contributed by atoms with Crippen molar-refractivity contribution >= 4 is 22.8 Å². The van der Waals surface area contributed by atoms with Crippen molar-refractivity contribution in [2.45, 2.75) is 0 Å².